The molecule has 0 radical (unpaired) electrons. The third-order valence-corrected chi connectivity index (χ3v) is 4.96. The zero-order valence-corrected chi connectivity index (χ0v) is 13.6. The molecule has 6 heteroatoms. The molecule has 3 unspecified atom stereocenters. The fraction of sp³-hybridized carbons (Fsp3) is 0.588. The summed E-state index contributed by atoms with van der Waals surface area (Å²) in [7, 11) is 0. The predicted octanol–water partition coefficient (Wildman–Crippen LogP) is 2.79. The molecule has 1 N–H and O–H groups in total. The smallest absolute Gasteiger partial charge is 0.234 e. The number of fused-ring (bicyclic) bond motifs is 1. The second-order valence-corrected chi connectivity index (χ2v) is 6.67. The Labute approximate surface area is 136 Å². The van der Waals surface area contributed by atoms with Crippen LogP contribution in [0.5, 0.6) is 0 Å². The molecule has 0 bridgehead atoms. The van der Waals surface area contributed by atoms with Crippen molar-refractivity contribution in [2.24, 2.45) is 5.92 Å². The van der Waals surface area contributed by atoms with Gasteiger partial charge in [-0.3, -0.25) is 19.8 Å². The second-order valence-electron chi connectivity index (χ2n) is 6.67. The fourth-order valence-corrected chi connectivity index (χ4v) is 3.40. The van der Waals surface area contributed by atoms with Gasteiger partial charge in [0, 0.05) is 36.2 Å². The average molecular weight is 317 g/mol. The van der Waals surface area contributed by atoms with Crippen molar-refractivity contribution < 1.29 is 9.72 Å². The van der Waals surface area contributed by atoms with Gasteiger partial charge >= 0.3 is 0 Å². The Balaban J connectivity index is 1.69. The summed E-state index contributed by atoms with van der Waals surface area (Å²) in [5.74, 6) is -0.697. The lowest BCUT2D eigenvalue weighted by atomic mass is 10.1. The minimum Gasteiger partial charge on any atom is -0.325 e. The molecule has 1 saturated carbocycles. The molecule has 0 aromatic heterocycles. The Morgan fingerprint density at radius 3 is 2.91 bits per heavy atom. The van der Waals surface area contributed by atoms with Gasteiger partial charge in [-0.1, -0.05) is 25.5 Å². The molecule has 1 heterocycles. The molecular weight excluding hydrogens is 294 g/mol. The van der Waals surface area contributed by atoms with E-state index in [1.807, 2.05) is 12.1 Å². The van der Waals surface area contributed by atoms with Crippen LogP contribution in [-0.4, -0.2) is 27.8 Å². The summed E-state index contributed by atoms with van der Waals surface area (Å²) >= 11 is 0. The summed E-state index contributed by atoms with van der Waals surface area (Å²) in [4.78, 5) is 25.0. The largest absolute Gasteiger partial charge is 0.325 e. The van der Waals surface area contributed by atoms with Crippen molar-refractivity contribution in [2.75, 3.05) is 5.32 Å². The first-order chi connectivity index (χ1) is 11.0. The first-order valence-electron chi connectivity index (χ1n) is 8.30. The van der Waals surface area contributed by atoms with Gasteiger partial charge in [0.1, 0.15) is 5.92 Å². The molecule has 1 aromatic rings. The van der Waals surface area contributed by atoms with E-state index >= 15 is 0 Å². The van der Waals surface area contributed by atoms with Crippen LogP contribution in [0, 0.1) is 16.0 Å². The summed E-state index contributed by atoms with van der Waals surface area (Å²) < 4.78 is 0. The summed E-state index contributed by atoms with van der Waals surface area (Å²) in [6.07, 6.45) is 2.66. The summed E-state index contributed by atoms with van der Waals surface area (Å²) in [5, 5.41) is 13.6. The normalized spacial score (nSPS) is 24.1. The molecule has 1 aliphatic heterocycles. The van der Waals surface area contributed by atoms with Gasteiger partial charge in [-0.25, -0.2) is 0 Å². The Bertz CT molecular complexity index is 632. The number of hydrogen-bond donors (Lipinski definition) is 1. The third kappa shape index (κ3) is 3.22. The molecule has 1 amide bonds. The van der Waals surface area contributed by atoms with Gasteiger partial charge in [0.05, 0.1) is 0 Å². The second kappa shape index (κ2) is 6.28. The number of nitrogens with zero attached hydrogens (tertiary/aromatic N) is 2. The highest BCUT2D eigenvalue weighted by Gasteiger charge is 2.53. The highest BCUT2D eigenvalue weighted by molar-refractivity contribution is 5.95. The van der Waals surface area contributed by atoms with Crippen molar-refractivity contribution in [2.45, 2.75) is 58.3 Å². The van der Waals surface area contributed by atoms with Crippen LogP contribution in [0.2, 0.25) is 0 Å². The molecule has 23 heavy (non-hydrogen) atoms. The van der Waals surface area contributed by atoms with E-state index in [4.69, 9.17) is 0 Å². The van der Waals surface area contributed by atoms with Gasteiger partial charge in [-0.15, -0.1) is 0 Å². The zero-order chi connectivity index (χ0) is 16.6. The molecule has 1 fully saturated rings. The monoisotopic (exact) mass is 317 g/mol. The average Bonchev–Trinajstić information content (AvgIpc) is 3.20. The van der Waals surface area contributed by atoms with Gasteiger partial charge in [0.25, 0.3) is 0 Å². The van der Waals surface area contributed by atoms with E-state index in [2.05, 4.69) is 30.1 Å². The molecule has 0 spiro atoms. The Morgan fingerprint density at radius 2 is 2.26 bits per heavy atom. The molecule has 1 aromatic carbocycles. The van der Waals surface area contributed by atoms with E-state index in [9.17, 15) is 14.9 Å². The van der Waals surface area contributed by atoms with E-state index in [1.54, 1.807) is 0 Å². The van der Waals surface area contributed by atoms with Crippen molar-refractivity contribution in [3.8, 4) is 0 Å². The fourth-order valence-electron chi connectivity index (χ4n) is 3.40. The van der Waals surface area contributed by atoms with Crippen molar-refractivity contribution in [3.05, 3.63) is 39.4 Å². The van der Waals surface area contributed by atoms with Crippen LogP contribution in [0.25, 0.3) is 0 Å². The van der Waals surface area contributed by atoms with Crippen LogP contribution in [0.15, 0.2) is 18.2 Å². The van der Waals surface area contributed by atoms with Crippen LogP contribution in [0.3, 0.4) is 0 Å². The number of benzene rings is 1. The lowest BCUT2D eigenvalue weighted by molar-refractivity contribution is -0.497. The third-order valence-electron chi connectivity index (χ3n) is 4.96. The van der Waals surface area contributed by atoms with Crippen molar-refractivity contribution in [1.29, 1.82) is 0 Å². The highest BCUT2D eigenvalue weighted by atomic mass is 16.6. The van der Waals surface area contributed by atoms with Crippen LogP contribution in [-0.2, 0) is 17.9 Å². The number of hydrogen-bond acceptors (Lipinski definition) is 4. The maximum absolute atomic E-state index is 12.2. The molecule has 3 atom stereocenters. The topological polar surface area (TPSA) is 75.5 Å². The highest BCUT2D eigenvalue weighted by Crippen LogP contribution is 2.36. The molecule has 1 aliphatic carbocycles. The first kappa shape index (κ1) is 15.9. The van der Waals surface area contributed by atoms with Crippen molar-refractivity contribution in [1.82, 2.24) is 4.90 Å². The van der Waals surface area contributed by atoms with E-state index < -0.39 is 12.0 Å². The molecule has 124 valence electrons. The van der Waals surface area contributed by atoms with Gasteiger partial charge in [0.2, 0.25) is 11.9 Å². The number of carbonyl (C=O) groups is 1. The number of rotatable bonds is 6. The number of nitro groups is 1. The van der Waals surface area contributed by atoms with E-state index in [1.165, 1.54) is 5.56 Å². The van der Waals surface area contributed by atoms with Gasteiger partial charge in [0.15, 0.2) is 0 Å². The minimum atomic E-state index is -0.701. The molecule has 3 rings (SSSR count). The molecule has 6 nitrogen and oxygen atoms in total. The lowest BCUT2D eigenvalue weighted by Crippen LogP contribution is -2.27. The zero-order valence-electron chi connectivity index (χ0n) is 13.6. The standard InChI is InChI=1S/C17H23N3O3/c1-3-5-11(2)19-9-12-6-4-7-15(14(12)10-19)18-17(21)13-8-16(13)20(22)23/h4,6-7,11,13,16H,3,5,8-10H2,1-2H3,(H,18,21). The van der Waals surface area contributed by atoms with Gasteiger partial charge in [-0.05, 0) is 30.5 Å². The summed E-state index contributed by atoms with van der Waals surface area (Å²) in [6, 6.07) is 5.75. The SMILES string of the molecule is CCCC(C)N1Cc2cccc(NC(=O)C3CC3[N+](=O)[O-])c2C1. The number of amides is 1. The maximum atomic E-state index is 12.2. The van der Waals surface area contributed by atoms with E-state index in [-0.39, 0.29) is 10.8 Å². The van der Waals surface area contributed by atoms with Crippen molar-refractivity contribution in [3.63, 3.8) is 0 Å². The van der Waals surface area contributed by atoms with Crippen LogP contribution < -0.4 is 5.32 Å². The first-order valence-corrected chi connectivity index (χ1v) is 8.30. The van der Waals surface area contributed by atoms with Crippen LogP contribution >= 0.6 is 0 Å². The molecular formula is C17H23N3O3. The number of carbonyl (C=O) groups excluding carboxylic acids is 1. The Hall–Kier alpha value is -1.95. The quantitative estimate of drug-likeness (QED) is 0.646. The van der Waals surface area contributed by atoms with Gasteiger partial charge in [-0.2, -0.15) is 0 Å². The summed E-state index contributed by atoms with van der Waals surface area (Å²) in [5.41, 5.74) is 3.21. The van der Waals surface area contributed by atoms with E-state index in [0.29, 0.717) is 12.5 Å². The Morgan fingerprint density at radius 1 is 1.48 bits per heavy atom. The number of nitrogens with one attached hydrogen (secondary N) is 1. The molecule has 0 saturated heterocycles. The van der Waals surface area contributed by atoms with Gasteiger partial charge < -0.3 is 5.32 Å². The lowest BCUT2D eigenvalue weighted by Gasteiger charge is -2.23. The summed E-state index contributed by atoms with van der Waals surface area (Å²) in [6.45, 7) is 6.16. The van der Waals surface area contributed by atoms with Crippen LogP contribution in [0.4, 0.5) is 5.69 Å². The number of anilines is 1. The predicted molar refractivity (Wildman–Crippen MR) is 87.6 cm³/mol. The molecule has 2 aliphatic rings. The van der Waals surface area contributed by atoms with E-state index in [0.717, 1.165) is 37.2 Å². The minimum absolute atomic E-state index is 0.222. The maximum Gasteiger partial charge on any atom is 0.234 e. The Kier molecular flexibility index (Phi) is 4.35. The van der Waals surface area contributed by atoms with Crippen LogP contribution in [0.1, 0.15) is 44.2 Å². The van der Waals surface area contributed by atoms with Crippen molar-refractivity contribution >= 4 is 11.6 Å².